The van der Waals surface area contributed by atoms with Crippen LogP contribution in [0.1, 0.15) is 17.3 Å². The maximum Gasteiger partial charge on any atom is 0.251 e. The number of hydrogen-bond acceptors (Lipinski definition) is 2. The predicted octanol–water partition coefficient (Wildman–Crippen LogP) is 0.898. The summed E-state index contributed by atoms with van der Waals surface area (Å²) < 4.78 is 1.42. The zero-order valence-electron chi connectivity index (χ0n) is 8.66. The van der Waals surface area contributed by atoms with Gasteiger partial charge in [0.05, 0.1) is 0 Å². The topological polar surface area (TPSA) is 51.1 Å². The third-order valence-electron chi connectivity index (χ3n) is 1.91. The predicted molar refractivity (Wildman–Crippen MR) is 62.4 cm³/mol. The van der Waals surface area contributed by atoms with E-state index in [9.17, 15) is 9.59 Å². The summed E-state index contributed by atoms with van der Waals surface area (Å²) >= 11 is 3.32. The van der Waals surface area contributed by atoms with Gasteiger partial charge in [-0.05, 0) is 6.07 Å². The summed E-state index contributed by atoms with van der Waals surface area (Å²) in [6.45, 7) is 2.47. The van der Waals surface area contributed by atoms with Crippen molar-refractivity contribution in [1.82, 2.24) is 9.88 Å². The maximum atomic E-state index is 11.5. The quantitative estimate of drug-likeness (QED) is 0.832. The summed E-state index contributed by atoms with van der Waals surface area (Å²) in [5.74, 6) is -0.223. The van der Waals surface area contributed by atoms with Crippen LogP contribution in [-0.4, -0.2) is 21.8 Å². The fourth-order valence-electron chi connectivity index (χ4n) is 1.03. The smallest absolute Gasteiger partial charge is 0.251 e. The van der Waals surface area contributed by atoms with E-state index in [1.54, 1.807) is 19.3 Å². The van der Waals surface area contributed by atoms with Crippen molar-refractivity contribution in [1.29, 1.82) is 0 Å². The van der Waals surface area contributed by atoms with Crippen molar-refractivity contribution in [2.75, 3.05) is 6.54 Å². The highest BCUT2D eigenvalue weighted by Gasteiger charge is 2.06. The average molecular weight is 273 g/mol. The van der Waals surface area contributed by atoms with Crippen LogP contribution in [0.5, 0.6) is 0 Å². The molecule has 0 saturated heterocycles. The lowest BCUT2D eigenvalue weighted by molar-refractivity contribution is 0.0954. The number of nitrogens with zero attached hydrogens (tertiary/aromatic N) is 1. The second-order valence-electron chi connectivity index (χ2n) is 3.36. The van der Waals surface area contributed by atoms with Gasteiger partial charge in [-0.15, -0.1) is 0 Å². The van der Waals surface area contributed by atoms with Gasteiger partial charge in [0.2, 0.25) is 0 Å². The number of aryl methyl sites for hydroxylation is 1. The minimum atomic E-state index is -0.223. The van der Waals surface area contributed by atoms with E-state index in [4.69, 9.17) is 0 Å². The van der Waals surface area contributed by atoms with Crippen LogP contribution in [0.15, 0.2) is 23.1 Å². The van der Waals surface area contributed by atoms with Gasteiger partial charge in [-0.25, -0.2) is 0 Å². The Balaban J connectivity index is 2.75. The van der Waals surface area contributed by atoms with Crippen molar-refractivity contribution in [2.24, 2.45) is 7.05 Å². The van der Waals surface area contributed by atoms with Crippen LogP contribution >= 0.6 is 15.9 Å². The number of amides is 1. The van der Waals surface area contributed by atoms with Gasteiger partial charge in [0.1, 0.15) is 0 Å². The van der Waals surface area contributed by atoms with Crippen molar-refractivity contribution in [3.05, 3.63) is 34.2 Å². The number of rotatable bonds is 3. The number of aromatic nitrogens is 1. The van der Waals surface area contributed by atoms with Crippen LogP contribution < -0.4 is 10.9 Å². The molecule has 1 N–H and O–H groups in total. The zero-order valence-corrected chi connectivity index (χ0v) is 10.2. The molecule has 1 aromatic heterocycles. The second-order valence-corrected chi connectivity index (χ2v) is 4.92. The monoisotopic (exact) mass is 272 g/mol. The van der Waals surface area contributed by atoms with Gasteiger partial charge in [0, 0.05) is 36.2 Å². The van der Waals surface area contributed by atoms with E-state index in [0.29, 0.717) is 12.1 Å². The van der Waals surface area contributed by atoms with Crippen LogP contribution in [0, 0.1) is 0 Å². The Bertz CT molecular complexity index is 412. The molecule has 1 atom stereocenters. The molecule has 0 fully saturated rings. The fourth-order valence-corrected chi connectivity index (χ4v) is 1.19. The first-order valence-corrected chi connectivity index (χ1v) is 5.51. The van der Waals surface area contributed by atoms with Gasteiger partial charge in [-0.1, -0.05) is 22.9 Å². The van der Waals surface area contributed by atoms with Crippen LogP contribution in [0.2, 0.25) is 0 Å². The summed E-state index contributed by atoms with van der Waals surface area (Å²) in [5, 5.41) is 2.71. The Hall–Kier alpha value is -1.10. The van der Waals surface area contributed by atoms with Gasteiger partial charge in [0.25, 0.3) is 11.5 Å². The normalized spacial score (nSPS) is 12.2. The van der Waals surface area contributed by atoms with E-state index >= 15 is 0 Å². The molecule has 0 bridgehead atoms. The Morgan fingerprint density at radius 3 is 2.87 bits per heavy atom. The van der Waals surface area contributed by atoms with Crippen LogP contribution in [0.25, 0.3) is 0 Å². The third kappa shape index (κ3) is 3.51. The molecule has 0 saturated carbocycles. The minimum Gasteiger partial charge on any atom is -0.351 e. The first-order chi connectivity index (χ1) is 7.00. The van der Waals surface area contributed by atoms with E-state index in [1.165, 1.54) is 10.6 Å². The summed E-state index contributed by atoms with van der Waals surface area (Å²) in [4.78, 5) is 23.0. The van der Waals surface area contributed by atoms with Gasteiger partial charge >= 0.3 is 0 Å². The lowest BCUT2D eigenvalue weighted by Gasteiger charge is -2.06. The SMILES string of the molecule is CC(Br)CNC(=O)c1ccn(C)c(=O)c1. The first kappa shape index (κ1) is 12.0. The molecule has 1 aromatic rings. The van der Waals surface area contributed by atoms with Crippen molar-refractivity contribution in [2.45, 2.75) is 11.8 Å². The second kappa shape index (κ2) is 5.11. The number of nitrogens with one attached hydrogen (secondary N) is 1. The number of carbonyl (C=O) groups is 1. The van der Waals surface area contributed by atoms with Crippen molar-refractivity contribution >= 4 is 21.8 Å². The molecule has 82 valence electrons. The summed E-state index contributed by atoms with van der Waals surface area (Å²) in [6, 6.07) is 2.95. The number of alkyl halides is 1. The first-order valence-electron chi connectivity index (χ1n) is 4.59. The van der Waals surface area contributed by atoms with E-state index < -0.39 is 0 Å². The van der Waals surface area contributed by atoms with Crippen LogP contribution in [-0.2, 0) is 7.05 Å². The Labute approximate surface area is 96.4 Å². The molecule has 0 spiro atoms. The molecule has 4 nitrogen and oxygen atoms in total. The van der Waals surface area contributed by atoms with Crippen molar-refractivity contribution in [3.63, 3.8) is 0 Å². The lowest BCUT2D eigenvalue weighted by atomic mass is 10.2. The van der Waals surface area contributed by atoms with Gasteiger partial charge < -0.3 is 9.88 Å². The molecule has 15 heavy (non-hydrogen) atoms. The highest BCUT2D eigenvalue weighted by molar-refractivity contribution is 9.09. The molecule has 1 amide bonds. The summed E-state index contributed by atoms with van der Waals surface area (Å²) in [5.41, 5.74) is 0.209. The number of carbonyl (C=O) groups excluding carboxylic acids is 1. The fraction of sp³-hybridized carbons (Fsp3) is 0.400. The zero-order chi connectivity index (χ0) is 11.4. The van der Waals surface area contributed by atoms with Crippen LogP contribution in [0.3, 0.4) is 0 Å². The van der Waals surface area contributed by atoms with Crippen LogP contribution in [0.4, 0.5) is 0 Å². The van der Waals surface area contributed by atoms with E-state index in [-0.39, 0.29) is 16.3 Å². The molecular weight excluding hydrogens is 260 g/mol. The molecule has 1 rings (SSSR count). The van der Waals surface area contributed by atoms with Gasteiger partial charge in [0.15, 0.2) is 0 Å². The molecular formula is C10H13BrN2O2. The molecule has 5 heteroatoms. The molecule has 0 aliphatic heterocycles. The number of pyridine rings is 1. The molecule has 0 radical (unpaired) electrons. The summed E-state index contributed by atoms with van der Waals surface area (Å²) in [7, 11) is 1.64. The molecule has 0 aliphatic carbocycles. The summed E-state index contributed by atoms with van der Waals surface area (Å²) in [6.07, 6.45) is 1.58. The maximum absolute atomic E-state index is 11.5. The third-order valence-corrected chi connectivity index (χ3v) is 2.23. The van der Waals surface area contributed by atoms with E-state index in [0.717, 1.165) is 0 Å². The highest BCUT2D eigenvalue weighted by atomic mass is 79.9. The Morgan fingerprint density at radius 1 is 1.67 bits per heavy atom. The number of halogens is 1. The highest BCUT2D eigenvalue weighted by Crippen LogP contribution is 1.97. The average Bonchev–Trinajstić information content (AvgIpc) is 2.18. The van der Waals surface area contributed by atoms with Gasteiger partial charge in [-0.3, -0.25) is 9.59 Å². The Kier molecular flexibility index (Phi) is 4.08. The van der Waals surface area contributed by atoms with Crippen molar-refractivity contribution < 1.29 is 4.79 Å². The van der Waals surface area contributed by atoms with Gasteiger partial charge in [-0.2, -0.15) is 0 Å². The minimum absolute atomic E-state index is 0.186. The molecule has 1 heterocycles. The lowest BCUT2D eigenvalue weighted by Crippen LogP contribution is -2.29. The largest absolute Gasteiger partial charge is 0.351 e. The number of hydrogen-bond donors (Lipinski definition) is 1. The molecule has 0 aromatic carbocycles. The van der Waals surface area contributed by atoms with E-state index in [1.807, 2.05) is 6.92 Å². The van der Waals surface area contributed by atoms with E-state index in [2.05, 4.69) is 21.2 Å². The molecule has 0 aliphatic rings. The Morgan fingerprint density at radius 2 is 2.33 bits per heavy atom. The molecule has 1 unspecified atom stereocenters. The standard InChI is InChI=1S/C10H13BrN2O2/c1-7(11)6-12-10(15)8-3-4-13(2)9(14)5-8/h3-5,7H,6H2,1-2H3,(H,12,15). The van der Waals surface area contributed by atoms with Crippen molar-refractivity contribution in [3.8, 4) is 0 Å².